The highest BCUT2D eigenvalue weighted by atomic mass is 35.5. The molecule has 4 rings (SSSR count). The van der Waals surface area contributed by atoms with Crippen molar-refractivity contribution >= 4 is 50.0 Å². The zero-order chi connectivity index (χ0) is 19.8. The van der Waals surface area contributed by atoms with E-state index >= 15 is 0 Å². The summed E-state index contributed by atoms with van der Waals surface area (Å²) in [4.78, 5) is 33.0. The van der Waals surface area contributed by atoms with Gasteiger partial charge in [0.1, 0.15) is 0 Å². The average Bonchev–Trinajstić information content (AvgIpc) is 3.15. The summed E-state index contributed by atoms with van der Waals surface area (Å²) in [6.07, 6.45) is 0. The Kier molecular flexibility index (Phi) is 5.08. The first kappa shape index (κ1) is 18.9. The lowest BCUT2D eigenvalue weighted by Gasteiger charge is -2.34. The zero-order valence-electron chi connectivity index (χ0n) is 15.7. The van der Waals surface area contributed by atoms with Crippen molar-refractivity contribution in [2.24, 2.45) is 0 Å². The number of aromatic nitrogens is 1. The monoisotopic (exact) mass is 413 g/mol. The maximum atomic E-state index is 12.7. The number of nitrogens with zero attached hydrogens (tertiary/aromatic N) is 3. The van der Waals surface area contributed by atoms with Gasteiger partial charge in [0.15, 0.2) is 10.9 Å². The number of halogens is 1. The molecule has 0 spiro atoms. The number of anilines is 1. The van der Waals surface area contributed by atoms with E-state index in [1.54, 1.807) is 35.6 Å². The maximum Gasteiger partial charge on any atom is 0.253 e. The Hall–Kier alpha value is -2.44. The predicted molar refractivity (Wildman–Crippen MR) is 114 cm³/mol. The van der Waals surface area contributed by atoms with E-state index < -0.39 is 0 Å². The van der Waals surface area contributed by atoms with E-state index in [2.05, 4.69) is 4.90 Å². The van der Waals surface area contributed by atoms with Crippen molar-refractivity contribution in [2.45, 2.75) is 13.8 Å². The highest BCUT2D eigenvalue weighted by Gasteiger charge is 2.24. The van der Waals surface area contributed by atoms with Gasteiger partial charge in [0, 0.05) is 42.3 Å². The molecule has 2 aromatic carbocycles. The summed E-state index contributed by atoms with van der Waals surface area (Å²) in [7, 11) is 0. The lowest BCUT2D eigenvalue weighted by Crippen LogP contribution is -2.48. The number of ketones is 1. The second-order valence-corrected chi connectivity index (χ2v) is 8.34. The number of hydrogen-bond donors (Lipinski definition) is 0. The van der Waals surface area contributed by atoms with Crippen LogP contribution in [0.5, 0.6) is 0 Å². The van der Waals surface area contributed by atoms with Crippen LogP contribution < -0.4 is 4.90 Å². The summed E-state index contributed by atoms with van der Waals surface area (Å²) in [5, 5.41) is 1.70. The molecule has 1 saturated heterocycles. The number of fused-ring (bicyclic) bond motifs is 1. The van der Waals surface area contributed by atoms with Gasteiger partial charge in [0.2, 0.25) is 0 Å². The van der Waals surface area contributed by atoms with E-state index in [4.69, 9.17) is 16.6 Å². The number of hydrogen-bond acceptors (Lipinski definition) is 5. The summed E-state index contributed by atoms with van der Waals surface area (Å²) >= 11 is 7.87. The molecule has 0 atom stereocenters. The molecule has 1 aromatic heterocycles. The van der Waals surface area contributed by atoms with Gasteiger partial charge >= 0.3 is 0 Å². The molecule has 1 amide bonds. The summed E-state index contributed by atoms with van der Waals surface area (Å²) in [5.74, 6) is 0.00153. The molecule has 1 fully saturated rings. The van der Waals surface area contributed by atoms with Crippen LogP contribution in [0.2, 0.25) is 5.02 Å². The lowest BCUT2D eigenvalue weighted by molar-refractivity contribution is 0.0746. The number of Topliss-reactive ketones (excluding diaryl/α,β-unsaturated/α-hetero) is 1. The third kappa shape index (κ3) is 3.50. The van der Waals surface area contributed by atoms with Crippen LogP contribution in [0.15, 0.2) is 36.4 Å². The number of amides is 1. The highest BCUT2D eigenvalue weighted by Crippen LogP contribution is 2.33. The average molecular weight is 414 g/mol. The fraction of sp³-hybridized carbons (Fsp3) is 0.286. The SMILES string of the molecule is CC(=O)c1ccc(C(=O)N2CCN(c3nc4c(C)c(Cl)ccc4s3)CC2)cc1. The second kappa shape index (κ2) is 7.53. The molecule has 0 radical (unpaired) electrons. The largest absolute Gasteiger partial charge is 0.345 e. The minimum atomic E-state index is -0.0000257. The topological polar surface area (TPSA) is 53.5 Å². The normalized spacial score (nSPS) is 14.5. The van der Waals surface area contributed by atoms with Crippen LogP contribution in [-0.2, 0) is 0 Å². The van der Waals surface area contributed by atoms with Gasteiger partial charge < -0.3 is 9.80 Å². The fourth-order valence-corrected chi connectivity index (χ4v) is 4.58. The maximum absolute atomic E-state index is 12.7. The van der Waals surface area contributed by atoms with Gasteiger partial charge in [-0.05, 0) is 43.7 Å². The third-order valence-corrected chi connectivity index (χ3v) is 6.60. The number of rotatable bonds is 3. The number of benzene rings is 2. The van der Waals surface area contributed by atoms with Gasteiger partial charge in [-0.25, -0.2) is 4.98 Å². The number of carbonyl (C=O) groups is 2. The molecular formula is C21H20ClN3O2S. The van der Waals surface area contributed by atoms with Crippen molar-refractivity contribution in [1.82, 2.24) is 9.88 Å². The molecule has 144 valence electrons. The molecular weight excluding hydrogens is 394 g/mol. The number of piperazine rings is 1. The van der Waals surface area contributed by atoms with Crippen molar-refractivity contribution in [3.8, 4) is 0 Å². The van der Waals surface area contributed by atoms with Crippen LogP contribution >= 0.6 is 22.9 Å². The zero-order valence-corrected chi connectivity index (χ0v) is 17.3. The second-order valence-electron chi connectivity index (χ2n) is 6.93. The Labute approximate surface area is 172 Å². The molecule has 0 saturated carbocycles. The molecule has 28 heavy (non-hydrogen) atoms. The Bertz CT molecular complexity index is 1050. The summed E-state index contributed by atoms with van der Waals surface area (Å²) in [6, 6.07) is 10.8. The lowest BCUT2D eigenvalue weighted by atomic mass is 10.1. The van der Waals surface area contributed by atoms with Crippen LogP contribution in [0.1, 0.15) is 33.2 Å². The fourth-order valence-electron chi connectivity index (χ4n) is 3.35. The number of carbonyl (C=O) groups excluding carboxylic acids is 2. The van der Waals surface area contributed by atoms with E-state index in [0.29, 0.717) is 24.2 Å². The van der Waals surface area contributed by atoms with Crippen molar-refractivity contribution in [1.29, 1.82) is 0 Å². The van der Waals surface area contributed by atoms with E-state index in [-0.39, 0.29) is 11.7 Å². The first-order valence-electron chi connectivity index (χ1n) is 9.15. The Balaban J connectivity index is 1.45. The van der Waals surface area contributed by atoms with Gasteiger partial charge in [-0.3, -0.25) is 9.59 Å². The minimum absolute atomic E-state index is 0.0000257. The summed E-state index contributed by atoms with van der Waals surface area (Å²) in [6.45, 7) is 6.27. The van der Waals surface area contributed by atoms with Crippen LogP contribution in [-0.4, -0.2) is 47.8 Å². The molecule has 0 aliphatic carbocycles. The van der Waals surface area contributed by atoms with E-state index in [1.165, 1.54) is 6.92 Å². The minimum Gasteiger partial charge on any atom is -0.345 e. The van der Waals surface area contributed by atoms with E-state index in [1.807, 2.05) is 24.0 Å². The standard InChI is InChI=1S/C21H20ClN3O2S/c1-13-17(22)7-8-18-19(13)23-21(28-18)25-11-9-24(10-12-25)20(27)16-5-3-15(4-6-16)14(2)26/h3-8H,9-12H2,1-2H3. The third-order valence-electron chi connectivity index (χ3n) is 5.11. The van der Waals surface area contributed by atoms with Crippen LogP contribution in [0.3, 0.4) is 0 Å². The van der Waals surface area contributed by atoms with Gasteiger partial charge in [-0.1, -0.05) is 35.1 Å². The van der Waals surface area contributed by atoms with Gasteiger partial charge in [0.25, 0.3) is 5.91 Å². The molecule has 0 N–H and O–H groups in total. The van der Waals surface area contributed by atoms with Crippen molar-refractivity contribution < 1.29 is 9.59 Å². The van der Waals surface area contributed by atoms with Crippen LogP contribution in [0.4, 0.5) is 5.13 Å². The Morgan fingerprint density at radius 3 is 2.29 bits per heavy atom. The molecule has 2 heterocycles. The highest BCUT2D eigenvalue weighted by molar-refractivity contribution is 7.22. The molecule has 1 aliphatic rings. The predicted octanol–water partition coefficient (Wildman–Crippen LogP) is 4.42. The Morgan fingerprint density at radius 1 is 1.00 bits per heavy atom. The van der Waals surface area contributed by atoms with Gasteiger partial charge in [-0.2, -0.15) is 0 Å². The molecule has 7 heteroatoms. The van der Waals surface area contributed by atoms with Crippen molar-refractivity contribution in [2.75, 3.05) is 31.1 Å². The van der Waals surface area contributed by atoms with Crippen molar-refractivity contribution in [3.05, 3.63) is 58.1 Å². The van der Waals surface area contributed by atoms with Crippen molar-refractivity contribution in [3.63, 3.8) is 0 Å². The summed E-state index contributed by atoms with van der Waals surface area (Å²) in [5.41, 5.74) is 3.19. The molecule has 5 nitrogen and oxygen atoms in total. The van der Waals surface area contributed by atoms with E-state index in [9.17, 15) is 9.59 Å². The van der Waals surface area contributed by atoms with Gasteiger partial charge in [-0.15, -0.1) is 0 Å². The molecule has 1 aliphatic heterocycles. The molecule has 3 aromatic rings. The summed E-state index contributed by atoms with van der Waals surface area (Å²) < 4.78 is 1.13. The molecule has 0 unspecified atom stereocenters. The van der Waals surface area contributed by atoms with Gasteiger partial charge in [0.05, 0.1) is 10.2 Å². The number of aryl methyl sites for hydroxylation is 1. The first-order chi connectivity index (χ1) is 13.4. The quantitative estimate of drug-likeness (QED) is 0.596. The van der Waals surface area contributed by atoms with Crippen LogP contribution in [0, 0.1) is 6.92 Å². The first-order valence-corrected chi connectivity index (χ1v) is 10.3. The Morgan fingerprint density at radius 2 is 1.64 bits per heavy atom. The van der Waals surface area contributed by atoms with Crippen LogP contribution in [0.25, 0.3) is 10.2 Å². The van der Waals surface area contributed by atoms with E-state index in [0.717, 1.165) is 39.0 Å². The smallest absolute Gasteiger partial charge is 0.253 e. The molecule has 0 bridgehead atoms. The number of thiazole rings is 1.